The van der Waals surface area contributed by atoms with Gasteiger partial charge in [-0.2, -0.15) is 0 Å². The summed E-state index contributed by atoms with van der Waals surface area (Å²) in [5, 5.41) is 24.2. The number of ether oxygens (including phenoxy) is 2. The first-order chi connectivity index (χ1) is 20.2. The number of allylic oxidation sites excluding steroid dienone is 1. The highest BCUT2D eigenvalue weighted by Gasteiger charge is 2.41. The number of aliphatic hydroxyl groups is 2. The van der Waals surface area contributed by atoms with Crippen LogP contribution in [0.1, 0.15) is 48.0 Å². The minimum Gasteiger partial charge on any atom is -0.493 e. The minimum atomic E-state index is -1.21. The number of aldehydes is 1. The van der Waals surface area contributed by atoms with Gasteiger partial charge in [0.2, 0.25) is 11.8 Å². The molecule has 0 saturated heterocycles. The smallest absolute Gasteiger partial charge is 0.247 e. The lowest BCUT2D eigenvalue weighted by atomic mass is 9.87. The average Bonchev–Trinajstić information content (AvgIpc) is 2.99. The van der Waals surface area contributed by atoms with Crippen molar-refractivity contribution in [3.63, 3.8) is 0 Å². The molecule has 0 fully saturated rings. The quantitative estimate of drug-likeness (QED) is 0.108. The molecule has 11 heteroatoms. The summed E-state index contributed by atoms with van der Waals surface area (Å²) < 4.78 is 12.3. The van der Waals surface area contributed by atoms with Crippen LogP contribution in [-0.2, 0) is 16.1 Å². The van der Waals surface area contributed by atoms with Crippen LogP contribution in [0.15, 0.2) is 60.7 Å². The number of nitrogens with zero attached hydrogens (tertiary/aromatic N) is 1. The number of amides is 2. The molecule has 2 aromatic carbocycles. The van der Waals surface area contributed by atoms with E-state index in [9.17, 15) is 24.6 Å². The minimum absolute atomic E-state index is 0.0462. The van der Waals surface area contributed by atoms with Gasteiger partial charge in [-0.05, 0) is 77.8 Å². The van der Waals surface area contributed by atoms with Crippen molar-refractivity contribution in [2.24, 2.45) is 0 Å². The Labute approximate surface area is 264 Å². The lowest BCUT2D eigenvalue weighted by Crippen LogP contribution is -2.54. The third-order valence-electron chi connectivity index (χ3n) is 6.89. The van der Waals surface area contributed by atoms with Crippen LogP contribution in [0.2, 0.25) is 5.02 Å². The van der Waals surface area contributed by atoms with Gasteiger partial charge in [-0.15, -0.1) is 6.58 Å². The van der Waals surface area contributed by atoms with E-state index >= 15 is 0 Å². The summed E-state index contributed by atoms with van der Waals surface area (Å²) in [5.41, 5.74) is 1.51. The van der Waals surface area contributed by atoms with Gasteiger partial charge in [0.1, 0.15) is 18.5 Å². The third kappa shape index (κ3) is 9.03. The van der Waals surface area contributed by atoms with Crippen molar-refractivity contribution in [3.8, 4) is 11.5 Å². The second-order valence-electron chi connectivity index (χ2n) is 9.85. The van der Waals surface area contributed by atoms with Crippen molar-refractivity contribution >= 4 is 52.3 Å². The molecule has 226 valence electrons. The Morgan fingerprint density at radius 3 is 2.62 bits per heavy atom. The van der Waals surface area contributed by atoms with Crippen LogP contribution in [0, 0.1) is 3.57 Å². The van der Waals surface area contributed by atoms with Crippen LogP contribution in [-0.4, -0.2) is 71.7 Å². The molecule has 0 spiro atoms. The Balaban J connectivity index is 2.01. The van der Waals surface area contributed by atoms with E-state index in [1.165, 1.54) is 19.3 Å². The number of carbonyl (C=O) groups excluding carboxylic acids is 3. The van der Waals surface area contributed by atoms with Gasteiger partial charge in [0.25, 0.3) is 0 Å². The lowest BCUT2D eigenvalue weighted by Gasteiger charge is -2.41. The number of rotatable bonds is 15. The van der Waals surface area contributed by atoms with Crippen LogP contribution in [0.3, 0.4) is 0 Å². The molecule has 1 aliphatic rings. The van der Waals surface area contributed by atoms with Gasteiger partial charge in [0.05, 0.1) is 23.3 Å². The van der Waals surface area contributed by atoms with Crippen molar-refractivity contribution < 1.29 is 34.1 Å². The van der Waals surface area contributed by atoms with Crippen LogP contribution in [0.25, 0.3) is 0 Å². The van der Waals surface area contributed by atoms with Crippen molar-refractivity contribution in [2.45, 2.75) is 56.9 Å². The maximum atomic E-state index is 13.7. The molecule has 0 aliphatic heterocycles. The number of methoxy groups -OCH3 is 1. The van der Waals surface area contributed by atoms with Gasteiger partial charge in [-0.1, -0.05) is 29.8 Å². The molecule has 9 nitrogen and oxygen atoms in total. The van der Waals surface area contributed by atoms with E-state index in [1.807, 2.05) is 40.8 Å². The topological polar surface area (TPSA) is 125 Å². The molecular weight excluding hydrogens is 675 g/mol. The fraction of sp³-hybridized carbons (Fsp3) is 0.387. The first kappa shape index (κ1) is 33.6. The number of nitrogens with one attached hydrogen (secondary N) is 1. The Morgan fingerprint density at radius 2 is 1.98 bits per heavy atom. The number of halogens is 2. The van der Waals surface area contributed by atoms with E-state index < -0.39 is 24.2 Å². The van der Waals surface area contributed by atoms with E-state index in [-0.39, 0.29) is 44.2 Å². The summed E-state index contributed by atoms with van der Waals surface area (Å²) in [6.07, 6.45) is 4.34. The van der Waals surface area contributed by atoms with Crippen molar-refractivity contribution in [2.75, 3.05) is 20.3 Å². The molecular formula is C31H36ClIN2O7. The lowest BCUT2D eigenvalue weighted by molar-refractivity contribution is -0.139. The molecule has 0 saturated carbocycles. The Kier molecular flexibility index (Phi) is 13.3. The summed E-state index contributed by atoms with van der Waals surface area (Å²) in [5.74, 6) is -0.0252. The molecule has 42 heavy (non-hydrogen) atoms. The highest BCUT2D eigenvalue weighted by Crippen LogP contribution is 2.37. The molecule has 0 heterocycles. The normalized spacial score (nSPS) is 18.0. The van der Waals surface area contributed by atoms with Crippen molar-refractivity contribution in [3.05, 3.63) is 80.4 Å². The van der Waals surface area contributed by atoms with E-state index in [0.29, 0.717) is 38.2 Å². The largest absolute Gasteiger partial charge is 0.493 e. The highest BCUT2D eigenvalue weighted by molar-refractivity contribution is 14.1. The first-order valence-electron chi connectivity index (χ1n) is 13.6. The fourth-order valence-corrected chi connectivity index (χ4v) is 5.60. The monoisotopic (exact) mass is 710 g/mol. The Hall–Kier alpha value is -2.93. The molecule has 0 unspecified atom stereocenters. The van der Waals surface area contributed by atoms with Gasteiger partial charge in [-0.3, -0.25) is 14.4 Å². The Morgan fingerprint density at radius 1 is 1.24 bits per heavy atom. The van der Waals surface area contributed by atoms with Crippen molar-refractivity contribution in [1.82, 2.24) is 10.2 Å². The fourth-order valence-electron chi connectivity index (χ4n) is 4.72. The molecule has 0 aromatic heterocycles. The van der Waals surface area contributed by atoms with E-state index in [4.69, 9.17) is 21.1 Å². The van der Waals surface area contributed by atoms with E-state index in [2.05, 4.69) is 11.9 Å². The van der Waals surface area contributed by atoms with Crippen LogP contribution >= 0.6 is 34.2 Å². The predicted octanol–water partition coefficient (Wildman–Crippen LogP) is 4.46. The first-order valence-corrected chi connectivity index (χ1v) is 15.1. The second-order valence-corrected chi connectivity index (χ2v) is 11.4. The van der Waals surface area contributed by atoms with Gasteiger partial charge in [0.15, 0.2) is 11.5 Å². The summed E-state index contributed by atoms with van der Waals surface area (Å²) in [6, 6.07) is 9.43. The number of aliphatic hydroxyl groups excluding tert-OH is 2. The summed E-state index contributed by atoms with van der Waals surface area (Å²) in [7, 11) is 1.44. The zero-order valence-corrected chi connectivity index (χ0v) is 26.3. The zero-order valence-electron chi connectivity index (χ0n) is 23.4. The van der Waals surface area contributed by atoms with Crippen LogP contribution in [0.4, 0.5) is 0 Å². The molecule has 0 radical (unpaired) electrons. The number of benzene rings is 2. The van der Waals surface area contributed by atoms with Gasteiger partial charge >= 0.3 is 0 Å². The average molecular weight is 711 g/mol. The zero-order chi connectivity index (χ0) is 30.6. The van der Waals surface area contributed by atoms with Crippen LogP contribution in [0.5, 0.6) is 11.5 Å². The molecule has 2 amide bonds. The predicted molar refractivity (Wildman–Crippen MR) is 169 cm³/mol. The molecule has 1 aliphatic carbocycles. The summed E-state index contributed by atoms with van der Waals surface area (Å²) in [6.45, 7) is 3.73. The molecule has 0 bridgehead atoms. The van der Waals surface area contributed by atoms with Crippen molar-refractivity contribution in [1.29, 1.82) is 0 Å². The van der Waals surface area contributed by atoms with Gasteiger partial charge < -0.3 is 29.9 Å². The molecule has 3 rings (SSSR count). The number of hydrogen-bond donors (Lipinski definition) is 3. The molecule has 2 aromatic rings. The number of hydrogen-bond acceptors (Lipinski definition) is 7. The summed E-state index contributed by atoms with van der Waals surface area (Å²) >= 11 is 8.10. The third-order valence-corrected chi connectivity index (χ3v) is 7.95. The standard InChI is InChI=1S/C31H36ClIN2O7/c1-3-4-5-6-7-28(38)35(18-20-8-10-23(32)11-9-20)25-16-22(31(40)34-12-13-36)17-26(29(25)39)42-30-24(33)14-21(19-37)15-27(30)41-2/h3,8-11,14-15,17,19,25-26,29,36,39H,1,4-7,12-13,16,18H2,2H3,(H,34,40)/t25-,26+,29+/m1/s1. The summed E-state index contributed by atoms with van der Waals surface area (Å²) in [4.78, 5) is 39.8. The SMILES string of the molecule is C=CCCCCC(=O)N(Cc1ccc(Cl)cc1)[C@@H]1CC(C(=O)NCCO)=C[C@H](Oc2c(I)cc(C=O)cc2OC)[C@H]1O. The van der Waals surface area contributed by atoms with Gasteiger partial charge in [-0.25, -0.2) is 0 Å². The van der Waals surface area contributed by atoms with E-state index in [0.717, 1.165) is 18.4 Å². The number of carbonyl (C=O) groups is 3. The van der Waals surface area contributed by atoms with E-state index in [1.54, 1.807) is 23.1 Å². The maximum Gasteiger partial charge on any atom is 0.247 e. The van der Waals surface area contributed by atoms with Crippen LogP contribution < -0.4 is 14.8 Å². The number of unbranched alkanes of at least 4 members (excludes halogenated alkanes) is 2. The maximum absolute atomic E-state index is 13.7. The molecule has 3 N–H and O–H groups in total. The second kappa shape index (κ2) is 16.6. The molecule has 3 atom stereocenters. The Bertz CT molecular complexity index is 1280. The van der Waals surface area contributed by atoms with Gasteiger partial charge in [0, 0.05) is 42.1 Å². The highest BCUT2D eigenvalue weighted by atomic mass is 127.